The number of benzene rings is 1. The Morgan fingerprint density at radius 2 is 1.74 bits per heavy atom. The predicted octanol–water partition coefficient (Wildman–Crippen LogP) is 2.93. The fourth-order valence-electron chi connectivity index (χ4n) is 2.08. The van der Waals surface area contributed by atoms with Gasteiger partial charge in [0.15, 0.2) is 0 Å². The summed E-state index contributed by atoms with van der Waals surface area (Å²) in [5.74, 6) is 0.762. The first-order valence-electron chi connectivity index (χ1n) is 6.60. The van der Waals surface area contributed by atoms with Crippen LogP contribution in [0.3, 0.4) is 0 Å². The van der Waals surface area contributed by atoms with E-state index in [4.69, 9.17) is 4.74 Å². The van der Waals surface area contributed by atoms with Gasteiger partial charge in [-0.2, -0.15) is 0 Å². The molecule has 0 radical (unpaired) electrons. The summed E-state index contributed by atoms with van der Waals surface area (Å²) in [6.07, 6.45) is 0. The standard InChI is InChI=1S/C14H22N2O3/c1-5-15(6-2)7-8-19-14-11(3)9-13(16(17)18)10-12(14)4/h9-10H,5-8H2,1-4H3. The van der Waals surface area contributed by atoms with Crippen molar-refractivity contribution in [3.8, 4) is 5.75 Å². The van der Waals surface area contributed by atoms with Crippen molar-refractivity contribution in [3.63, 3.8) is 0 Å². The maximum absolute atomic E-state index is 10.8. The molecule has 0 heterocycles. The molecule has 0 saturated heterocycles. The highest BCUT2D eigenvalue weighted by molar-refractivity contribution is 5.48. The van der Waals surface area contributed by atoms with Crippen LogP contribution in [0, 0.1) is 24.0 Å². The molecular formula is C14H22N2O3. The van der Waals surface area contributed by atoms with Gasteiger partial charge in [-0.3, -0.25) is 10.1 Å². The zero-order chi connectivity index (χ0) is 14.4. The van der Waals surface area contributed by atoms with Crippen LogP contribution in [0.5, 0.6) is 5.75 Å². The van der Waals surface area contributed by atoms with Crippen molar-refractivity contribution in [3.05, 3.63) is 33.4 Å². The lowest BCUT2D eigenvalue weighted by molar-refractivity contribution is -0.385. The number of nitro groups is 1. The van der Waals surface area contributed by atoms with Gasteiger partial charge in [0.2, 0.25) is 0 Å². The molecule has 0 spiro atoms. The van der Waals surface area contributed by atoms with Crippen LogP contribution in [0.4, 0.5) is 5.69 Å². The number of ether oxygens (including phenoxy) is 1. The Bertz CT molecular complexity index is 419. The highest BCUT2D eigenvalue weighted by Gasteiger charge is 2.13. The minimum Gasteiger partial charge on any atom is -0.492 e. The fourth-order valence-corrected chi connectivity index (χ4v) is 2.08. The minimum absolute atomic E-state index is 0.117. The molecule has 0 bridgehead atoms. The van der Waals surface area contributed by atoms with E-state index in [1.165, 1.54) is 0 Å². The number of hydrogen-bond donors (Lipinski definition) is 0. The third-order valence-electron chi connectivity index (χ3n) is 3.20. The lowest BCUT2D eigenvalue weighted by Crippen LogP contribution is -2.28. The van der Waals surface area contributed by atoms with Gasteiger partial charge in [-0.15, -0.1) is 0 Å². The van der Waals surface area contributed by atoms with Crippen molar-refractivity contribution in [2.45, 2.75) is 27.7 Å². The number of non-ortho nitro benzene ring substituents is 1. The van der Waals surface area contributed by atoms with E-state index in [0.29, 0.717) is 6.61 Å². The molecule has 0 atom stereocenters. The highest BCUT2D eigenvalue weighted by atomic mass is 16.6. The normalized spacial score (nSPS) is 10.8. The SMILES string of the molecule is CCN(CC)CCOc1c(C)cc([N+](=O)[O-])cc1C. The molecule has 19 heavy (non-hydrogen) atoms. The van der Waals surface area contributed by atoms with E-state index in [2.05, 4.69) is 18.7 Å². The molecule has 1 aromatic carbocycles. The Labute approximate surface area is 114 Å². The Balaban J connectivity index is 2.71. The molecule has 1 rings (SSSR count). The van der Waals surface area contributed by atoms with Gasteiger partial charge < -0.3 is 9.64 Å². The number of aryl methyl sites for hydroxylation is 2. The van der Waals surface area contributed by atoms with Crippen molar-refractivity contribution < 1.29 is 9.66 Å². The largest absolute Gasteiger partial charge is 0.492 e. The number of nitro benzene ring substituents is 1. The summed E-state index contributed by atoms with van der Waals surface area (Å²) in [5.41, 5.74) is 1.74. The molecule has 5 nitrogen and oxygen atoms in total. The number of hydrogen-bond acceptors (Lipinski definition) is 4. The van der Waals surface area contributed by atoms with Crippen molar-refractivity contribution in [2.75, 3.05) is 26.2 Å². The molecular weight excluding hydrogens is 244 g/mol. The lowest BCUT2D eigenvalue weighted by atomic mass is 10.1. The molecule has 0 aromatic heterocycles. The predicted molar refractivity (Wildman–Crippen MR) is 75.9 cm³/mol. The summed E-state index contributed by atoms with van der Waals surface area (Å²) in [7, 11) is 0. The first-order valence-corrected chi connectivity index (χ1v) is 6.60. The molecule has 106 valence electrons. The zero-order valence-electron chi connectivity index (χ0n) is 12.1. The second-order valence-corrected chi connectivity index (χ2v) is 4.54. The van der Waals surface area contributed by atoms with Gasteiger partial charge in [0.25, 0.3) is 5.69 Å². The van der Waals surface area contributed by atoms with Crippen LogP contribution in [0.1, 0.15) is 25.0 Å². The van der Waals surface area contributed by atoms with Gasteiger partial charge in [-0.05, 0) is 38.1 Å². The summed E-state index contributed by atoms with van der Waals surface area (Å²) < 4.78 is 5.77. The van der Waals surface area contributed by atoms with Crippen LogP contribution in [-0.2, 0) is 0 Å². The molecule has 0 unspecified atom stereocenters. The second-order valence-electron chi connectivity index (χ2n) is 4.54. The quantitative estimate of drug-likeness (QED) is 0.562. The Morgan fingerprint density at radius 1 is 1.21 bits per heavy atom. The van der Waals surface area contributed by atoms with E-state index in [-0.39, 0.29) is 10.6 Å². The van der Waals surface area contributed by atoms with Gasteiger partial charge in [0, 0.05) is 18.7 Å². The summed E-state index contributed by atoms with van der Waals surface area (Å²) in [5, 5.41) is 10.8. The van der Waals surface area contributed by atoms with E-state index < -0.39 is 0 Å². The van der Waals surface area contributed by atoms with Crippen molar-refractivity contribution >= 4 is 5.69 Å². The first-order chi connectivity index (χ1) is 8.99. The molecule has 0 aliphatic carbocycles. The van der Waals surface area contributed by atoms with E-state index in [0.717, 1.165) is 36.5 Å². The third-order valence-corrected chi connectivity index (χ3v) is 3.20. The molecule has 5 heteroatoms. The van der Waals surface area contributed by atoms with Gasteiger partial charge in [0.1, 0.15) is 12.4 Å². The Morgan fingerprint density at radius 3 is 2.16 bits per heavy atom. The second kappa shape index (κ2) is 7.09. The van der Waals surface area contributed by atoms with Crippen LogP contribution in [0.15, 0.2) is 12.1 Å². The number of rotatable bonds is 7. The first kappa shape index (κ1) is 15.4. The maximum atomic E-state index is 10.8. The summed E-state index contributed by atoms with van der Waals surface area (Å²) in [6.45, 7) is 11.4. The van der Waals surface area contributed by atoms with Gasteiger partial charge in [-0.1, -0.05) is 13.8 Å². The summed E-state index contributed by atoms with van der Waals surface area (Å²) in [4.78, 5) is 12.7. The molecule has 0 aliphatic rings. The van der Waals surface area contributed by atoms with E-state index in [1.807, 2.05) is 13.8 Å². The van der Waals surface area contributed by atoms with Crippen molar-refractivity contribution in [2.24, 2.45) is 0 Å². The Hall–Kier alpha value is -1.62. The zero-order valence-corrected chi connectivity index (χ0v) is 12.1. The minimum atomic E-state index is -0.375. The molecule has 1 aromatic rings. The average Bonchev–Trinajstić information content (AvgIpc) is 2.37. The number of likely N-dealkylation sites (N-methyl/N-ethyl adjacent to an activating group) is 1. The molecule has 0 amide bonds. The molecule has 0 N–H and O–H groups in total. The van der Waals surface area contributed by atoms with Crippen molar-refractivity contribution in [1.29, 1.82) is 0 Å². The van der Waals surface area contributed by atoms with Gasteiger partial charge in [0.05, 0.1) is 4.92 Å². The Kier molecular flexibility index (Phi) is 5.76. The topological polar surface area (TPSA) is 55.6 Å². The van der Waals surface area contributed by atoms with Crippen LogP contribution >= 0.6 is 0 Å². The van der Waals surface area contributed by atoms with E-state index in [9.17, 15) is 10.1 Å². The third kappa shape index (κ3) is 4.21. The summed E-state index contributed by atoms with van der Waals surface area (Å²) >= 11 is 0. The lowest BCUT2D eigenvalue weighted by Gasteiger charge is -2.19. The van der Waals surface area contributed by atoms with E-state index >= 15 is 0 Å². The molecule has 0 fully saturated rings. The van der Waals surface area contributed by atoms with Gasteiger partial charge in [-0.25, -0.2) is 0 Å². The van der Waals surface area contributed by atoms with E-state index in [1.54, 1.807) is 12.1 Å². The highest BCUT2D eigenvalue weighted by Crippen LogP contribution is 2.28. The van der Waals surface area contributed by atoms with Crippen LogP contribution in [0.25, 0.3) is 0 Å². The van der Waals surface area contributed by atoms with Crippen molar-refractivity contribution in [1.82, 2.24) is 4.90 Å². The summed E-state index contributed by atoms with van der Waals surface area (Å²) in [6, 6.07) is 3.11. The monoisotopic (exact) mass is 266 g/mol. The van der Waals surface area contributed by atoms with Crippen LogP contribution < -0.4 is 4.74 Å². The number of nitrogens with zero attached hydrogens (tertiary/aromatic N) is 2. The van der Waals surface area contributed by atoms with Crippen LogP contribution in [0.2, 0.25) is 0 Å². The van der Waals surface area contributed by atoms with Gasteiger partial charge >= 0.3 is 0 Å². The fraction of sp³-hybridized carbons (Fsp3) is 0.571. The molecule has 0 saturated carbocycles. The van der Waals surface area contributed by atoms with Crippen LogP contribution in [-0.4, -0.2) is 36.1 Å². The molecule has 0 aliphatic heterocycles. The smallest absolute Gasteiger partial charge is 0.270 e. The average molecular weight is 266 g/mol. The maximum Gasteiger partial charge on any atom is 0.270 e.